The molecule has 0 radical (unpaired) electrons. The molecule has 0 aromatic heterocycles. The molecule has 1 fully saturated rings. The van der Waals surface area contributed by atoms with Crippen molar-refractivity contribution in [3.63, 3.8) is 0 Å². The van der Waals surface area contributed by atoms with E-state index in [1.807, 2.05) is 11.8 Å². The molecule has 2 N–H and O–H groups in total. The minimum atomic E-state index is -0.805. The molecule has 1 aliphatic rings. The van der Waals surface area contributed by atoms with Crippen molar-refractivity contribution in [2.75, 3.05) is 25.4 Å². The highest BCUT2D eigenvalue weighted by atomic mass is 32.2. The van der Waals surface area contributed by atoms with Crippen molar-refractivity contribution in [2.45, 2.75) is 24.6 Å². The van der Waals surface area contributed by atoms with Crippen molar-refractivity contribution in [1.29, 1.82) is 0 Å². The van der Waals surface area contributed by atoms with E-state index in [0.717, 1.165) is 30.8 Å². The minimum absolute atomic E-state index is 0.0231. The Kier molecular flexibility index (Phi) is 5.19. The Morgan fingerprint density at radius 1 is 1.42 bits per heavy atom. The Morgan fingerprint density at radius 3 is 2.84 bits per heavy atom. The van der Waals surface area contributed by atoms with E-state index in [9.17, 15) is 8.78 Å². The van der Waals surface area contributed by atoms with Crippen LogP contribution in [0.25, 0.3) is 0 Å². The molecule has 0 aliphatic carbocycles. The first-order valence-electron chi connectivity index (χ1n) is 6.66. The second-order valence-corrected chi connectivity index (χ2v) is 6.23. The standard InChI is InChI=1S/C14H20F2N2S/c1-2-11-9-18(5-6-19-11)14(8-17)10-3-4-12(15)13(16)7-10/h3-4,7,11,14H,2,5-6,8-9,17H2,1H3. The maximum atomic E-state index is 13.3. The molecule has 1 saturated heterocycles. The lowest BCUT2D eigenvalue weighted by atomic mass is 10.0. The third-order valence-corrected chi connectivity index (χ3v) is 4.99. The first-order chi connectivity index (χ1) is 9.15. The molecule has 5 heteroatoms. The maximum Gasteiger partial charge on any atom is 0.159 e. The highest BCUT2D eigenvalue weighted by Crippen LogP contribution is 2.28. The molecule has 0 amide bonds. The fourth-order valence-corrected chi connectivity index (χ4v) is 3.69. The molecule has 2 unspecified atom stereocenters. The van der Waals surface area contributed by atoms with Crippen molar-refractivity contribution in [3.8, 4) is 0 Å². The third-order valence-electron chi connectivity index (χ3n) is 3.62. The van der Waals surface area contributed by atoms with Gasteiger partial charge in [-0.05, 0) is 24.1 Å². The number of halogens is 2. The summed E-state index contributed by atoms with van der Waals surface area (Å²) in [5.74, 6) is -0.534. The van der Waals surface area contributed by atoms with E-state index < -0.39 is 11.6 Å². The van der Waals surface area contributed by atoms with Gasteiger partial charge in [-0.15, -0.1) is 0 Å². The molecule has 2 nitrogen and oxygen atoms in total. The summed E-state index contributed by atoms with van der Waals surface area (Å²) in [5.41, 5.74) is 6.61. The topological polar surface area (TPSA) is 29.3 Å². The van der Waals surface area contributed by atoms with Crippen LogP contribution in [0.3, 0.4) is 0 Å². The van der Waals surface area contributed by atoms with Gasteiger partial charge < -0.3 is 5.73 Å². The first kappa shape index (κ1) is 14.8. The second kappa shape index (κ2) is 6.68. The van der Waals surface area contributed by atoms with Gasteiger partial charge in [-0.1, -0.05) is 13.0 Å². The summed E-state index contributed by atoms with van der Waals surface area (Å²) in [5, 5.41) is 0.605. The molecule has 1 heterocycles. The van der Waals surface area contributed by atoms with E-state index in [2.05, 4.69) is 11.8 Å². The Balaban J connectivity index is 2.16. The average molecular weight is 286 g/mol. The predicted octanol–water partition coefficient (Wildman–Crippen LogP) is 2.79. The molecular weight excluding hydrogens is 266 g/mol. The molecular formula is C14H20F2N2S. The van der Waals surface area contributed by atoms with E-state index in [0.29, 0.717) is 11.8 Å². The zero-order valence-electron chi connectivity index (χ0n) is 11.1. The first-order valence-corrected chi connectivity index (χ1v) is 7.71. The van der Waals surface area contributed by atoms with Gasteiger partial charge in [0.1, 0.15) is 0 Å². The predicted molar refractivity (Wildman–Crippen MR) is 76.3 cm³/mol. The van der Waals surface area contributed by atoms with Gasteiger partial charge in [0, 0.05) is 36.7 Å². The number of hydrogen-bond donors (Lipinski definition) is 1. The van der Waals surface area contributed by atoms with Crippen LogP contribution in [-0.2, 0) is 0 Å². The lowest BCUT2D eigenvalue weighted by molar-refractivity contribution is 0.207. The van der Waals surface area contributed by atoms with Crippen molar-refractivity contribution < 1.29 is 8.78 Å². The molecule has 1 aliphatic heterocycles. The number of thioether (sulfide) groups is 1. The lowest BCUT2D eigenvalue weighted by Gasteiger charge is -2.37. The van der Waals surface area contributed by atoms with Crippen LogP contribution in [0.2, 0.25) is 0 Å². The summed E-state index contributed by atoms with van der Waals surface area (Å²) in [6, 6.07) is 4.07. The van der Waals surface area contributed by atoms with Crippen molar-refractivity contribution >= 4 is 11.8 Å². The SMILES string of the molecule is CCC1CN(C(CN)c2ccc(F)c(F)c2)CCS1. The molecule has 0 saturated carbocycles. The van der Waals surface area contributed by atoms with E-state index in [-0.39, 0.29) is 6.04 Å². The summed E-state index contributed by atoms with van der Waals surface area (Å²) in [6.07, 6.45) is 1.12. The van der Waals surface area contributed by atoms with Crippen molar-refractivity contribution in [2.24, 2.45) is 5.73 Å². The highest BCUT2D eigenvalue weighted by molar-refractivity contribution is 8.00. The summed E-state index contributed by atoms with van der Waals surface area (Å²) >= 11 is 1.98. The molecule has 0 bridgehead atoms. The number of nitrogens with two attached hydrogens (primary N) is 1. The summed E-state index contributed by atoms with van der Waals surface area (Å²) in [4.78, 5) is 2.29. The van der Waals surface area contributed by atoms with Crippen LogP contribution in [0.4, 0.5) is 8.78 Å². The molecule has 19 heavy (non-hydrogen) atoms. The van der Waals surface area contributed by atoms with E-state index >= 15 is 0 Å². The summed E-state index contributed by atoms with van der Waals surface area (Å²) in [7, 11) is 0. The highest BCUT2D eigenvalue weighted by Gasteiger charge is 2.26. The minimum Gasteiger partial charge on any atom is -0.329 e. The van der Waals surface area contributed by atoms with Gasteiger partial charge in [0.2, 0.25) is 0 Å². The van der Waals surface area contributed by atoms with Crippen LogP contribution >= 0.6 is 11.8 Å². The van der Waals surface area contributed by atoms with E-state index in [1.54, 1.807) is 6.07 Å². The molecule has 2 rings (SSSR count). The van der Waals surface area contributed by atoms with Crippen LogP contribution < -0.4 is 5.73 Å². The van der Waals surface area contributed by atoms with Gasteiger partial charge in [0.05, 0.1) is 0 Å². The Labute approximate surface area is 117 Å². The average Bonchev–Trinajstić information content (AvgIpc) is 2.44. The van der Waals surface area contributed by atoms with Crippen LogP contribution in [0.15, 0.2) is 18.2 Å². The zero-order chi connectivity index (χ0) is 13.8. The monoisotopic (exact) mass is 286 g/mol. The normalized spacial score (nSPS) is 22.4. The van der Waals surface area contributed by atoms with Gasteiger partial charge in [-0.2, -0.15) is 11.8 Å². The summed E-state index contributed by atoms with van der Waals surface area (Å²) in [6.45, 7) is 4.51. The molecule has 106 valence electrons. The van der Waals surface area contributed by atoms with Gasteiger partial charge in [-0.25, -0.2) is 8.78 Å². The number of benzene rings is 1. The smallest absolute Gasteiger partial charge is 0.159 e. The van der Waals surface area contributed by atoms with Gasteiger partial charge in [0.15, 0.2) is 11.6 Å². The largest absolute Gasteiger partial charge is 0.329 e. The molecule has 2 atom stereocenters. The number of nitrogens with zero attached hydrogens (tertiary/aromatic N) is 1. The van der Waals surface area contributed by atoms with Crippen molar-refractivity contribution in [1.82, 2.24) is 4.90 Å². The van der Waals surface area contributed by atoms with Crippen LogP contribution in [-0.4, -0.2) is 35.5 Å². The van der Waals surface area contributed by atoms with E-state index in [1.165, 1.54) is 12.1 Å². The summed E-state index contributed by atoms with van der Waals surface area (Å²) < 4.78 is 26.3. The zero-order valence-corrected chi connectivity index (χ0v) is 11.9. The maximum absolute atomic E-state index is 13.3. The molecule has 1 aromatic carbocycles. The van der Waals surface area contributed by atoms with Crippen LogP contribution in [0, 0.1) is 11.6 Å². The number of hydrogen-bond acceptors (Lipinski definition) is 3. The van der Waals surface area contributed by atoms with Gasteiger partial charge >= 0.3 is 0 Å². The van der Waals surface area contributed by atoms with Crippen molar-refractivity contribution in [3.05, 3.63) is 35.4 Å². The second-order valence-electron chi connectivity index (χ2n) is 4.82. The Morgan fingerprint density at radius 2 is 2.21 bits per heavy atom. The molecule has 1 aromatic rings. The molecule has 0 spiro atoms. The fourth-order valence-electron chi connectivity index (χ4n) is 2.49. The quantitative estimate of drug-likeness (QED) is 0.923. The van der Waals surface area contributed by atoms with E-state index in [4.69, 9.17) is 5.73 Å². The Hall–Kier alpha value is -0.650. The van der Waals surface area contributed by atoms with Gasteiger partial charge in [-0.3, -0.25) is 4.90 Å². The number of rotatable bonds is 4. The van der Waals surface area contributed by atoms with Gasteiger partial charge in [0.25, 0.3) is 0 Å². The Bertz CT molecular complexity index is 428. The van der Waals surface area contributed by atoms with Crippen LogP contribution in [0.1, 0.15) is 24.9 Å². The van der Waals surface area contributed by atoms with Crippen LogP contribution in [0.5, 0.6) is 0 Å². The fraction of sp³-hybridized carbons (Fsp3) is 0.571. The third kappa shape index (κ3) is 3.46. The lowest BCUT2D eigenvalue weighted by Crippen LogP contribution is -2.42.